The summed E-state index contributed by atoms with van der Waals surface area (Å²) in [6.07, 6.45) is 13.8. The molecule has 2 heterocycles. The number of halogens is 4. The molecule has 2 saturated heterocycles. The molecule has 0 amide bonds. The van der Waals surface area contributed by atoms with Crippen LogP contribution in [0.15, 0.2) is 109 Å². The average Bonchev–Trinajstić information content (AvgIpc) is 3.20. The fourth-order valence-corrected chi connectivity index (χ4v) is 10.1. The number of carbonyl (C=O) groups excluding carboxylic acids is 1. The Hall–Kier alpha value is -2.41. The van der Waals surface area contributed by atoms with Gasteiger partial charge >= 0.3 is 0 Å². The third-order valence-corrected chi connectivity index (χ3v) is 13.6. The summed E-state index contributed by atoms with van der Waals surface area (Å²) < 4.78 is 0. The van der Waals surface area contributed by atoms with Crippen molar-refractivity contribution in [2.75, 3.05) is 44.6 Å². The second-order valence-electron chi connectivity index (χ2n) is 17.0. The van der Waals surface area contributed by atoms with Gasteiger partial charge in [-0.05, 0) is 124 Å². The number of hydrogen-bond acceptors (Lipinski definition) is 4. The molecule has 0 radical (unpaired) electrons. The molecule has 8 heteroatoms. The van der Waals surface area contributed by atoms with Crippen LogP contribution in [-0.4, -0.2) is 65.3 Å². The van der Waals surface area contributed by atoms with Crippen molar-refractivity contribution in [1.82, 2.24) is 9.80 Å². The molecule has 4 aromatic carbocycles. The van der Waals surface area contributed by atoms with Gasteiger partial charge in [0.2, 0.25) is 0 Å². The number of Topliss-reactive ketones (excluding diaryl/α,β-unsaturated/α-hetero) is 1. The molecule has 1 N–H and O–H groups in total. The zero-order valence-electron chi connectivity index (χ0n) is 33.3. The maximum atomic E-state index is 12.6. The van der Waals surface area contributed by atoms with Gasteiger partial charge in [-0.3, -0.25) is 4.79 Å². The highest BCUT2D eigenvalue weighted by Gasteiger charge is 2.42. The van der Waals surface area contributed by atoms with Crippen molar-refractivity contribution in [3.05, 3.63) is 141 Å². The molecule has 2 aliphatic carbocycles. The topological polar surface area (TPSA) is 43.8 Å². The molecule has 4 nitrogen and oxygen atoms in total. The van der Waals surface area contributed by atoms with E-state index in [0.29, 0.717) is 29.5 Å². The van der Waals surface area contributed by atoms with Crippen molar-refractivity contribution in [2.45, 2.75) is 94.0 Å². The van der Waals surface area contributed by atoms with Crippen molar-refractivity contribution in [1.29, 1.82) is 0 Å². The maximum Gasteiger partial charge on any atom is 0.163 e. The number of hydrogen-bond donors (Lipinski definition) is 1. The number of aliphatic hydroxyl groups is 1. The summed E-state index contributed by atoms with van der Waals surface area (Å²) in [6.45, 7) is 6.77. The maximum absolute atomic E-state index is 12.6. The van der Waals surface area contributed by atoms with E-state index in [1.807, 2.05) is 84.9 Å². The van der Waals surface area contributed by atoms with E-state index in [1.54, 1.807) is 0 Å². The fourth-order valence-electron chi connectivity index (χ4n) is 9.83. The number of aliphatic hydroxyl groups excluding tert-OH is 1. The second-order valence-corrected chi connectivity index (χ2v) is 18.7. The Labute approximate surface area is 361 Å². The van der Waals surface area contributed by atoms with Gasteiger partial charge in [-0.1, -0.05) is 121 Å². The lowest BCUT2D eigenvalue weighted by Crippen LogP contribution is -2.48. The van der Waals surface area contributed by atoms with Crippen LogP contribution in [0.25, 0.3) is 0 Å². The molecule has 0 bridgehead atoms. The SMILES string of the molecule is ClCCl.O=C(C[C@H]1CCCN(CC2(c3ccc(Cl)cc3)CCC2)C1)c1ccccc1.OC(C[C@H]1CCCN(CC2(c3ccc(Cl)cc3)CCC2)C1)c1ccccc1. The Morgan fingerprint density at radius 1 is 0.632 bits per heavy atom. The standard InChI is InChI=1S/C24H30ClNO.C24H28ClNO.CH2Cl2/c2*25-22-11-9-21(10-12-22)24(13-5-14-24)18-26-15-4-6-19(17-26)16-23(27)20-7-2-1-3-8-20;2-1-3/h1-3,7-12,19,23,27H,4-6,13-18H2;1-3,7-12,19H,4-6,13-18H2;1H2/t19-,23?;19-;/m11./s1. The molecule has 0 aromatic heterocycles. The van der Waals surface area contributed by atoms with Gasteiger partial charge in [0.15, 0.2) is 5.78 Å². The first kappa shape index (κ1) is 44.2. The van der Waals surface area contributed by atoms with Crippen LogP contribution in [0.5, 0.6) is 0 Å². The summed E-state index contributed by atoms with van der Waals surface area (Å²) in [4.78, 5) is 17.9. The van der Waals surface area contributed by atoms with Crippen LogP contribution in [0, 0.1) is 11.8 Å². The van der Waals surface area contributed by atoms with Crippen LogP contribution in [0.3, 0.4) is 0 Å². The highest BCUT2D eigenvalue weighted by atomic mass is 35.5. The zero-order valence-corrected chi connectivity index (χ0v) is 36.3. The Kier molecular flexibility index (Phi) is 16.8. The van der Waals surface area contributed by atoms with Crippen LogP contribution in [0.1, 0.15) is 110 Å². The molecule has 4 aliphatic rings. The summed E-state index contributed by atoms with van der Waals surface area (Å²) in [5, 5.41) is 12.4. The van der Waals surface area contributed by atoms with Gasteiger partial charge in [0, 0.05) is 59.0 Å². The Balaban J connectivity index is 0.000000180. The lowest BCUT2D eigenvalue weighted by Gasteiger charge is -2.47. The molecule has 8 rings (SSSR count). The monoisotopic (exact) mass is 848 g/mol. The smallest absolute Gasteiger partial charge is 0.163 e. The minimum atomic E-state index is -0.343. The van der Waals surface area contributed by atoms with Gasteiger partial charge < -0.3 is 14.9 Å². The van der Waals surface area contributed by atoms with Crippen molar-refractivity contribution in [3.63, 3.8) is 0 Å². The van der Waals surface area contributed by atoms with Crippen LogP contribution in [0.2, 0.25) is 10.0 Å². The molecule has 3 atom stereocenters. The van der Waals surface area contributed by atoms with Gasteiger partial charge in [-0.2, -0.15) is 0 Å². The van der Waals surface area contributed by atoms with E-state index in [2.05, 4.69) is 34.1 Å². The average molecular weight is 851 g/mol. The van der Waals surface area contributed by atoms with Gasteiger partial charge in [0.25, 0.3) is 0 Å². The summed E-state index contributed by atoms with van der Waals surface area (Å²) in [6, 6.07) is 36.8. The predicted octanol–water partition coefficient (Wildman–Crippen LogP) is 12.8. The first-order chi connectivity index (χ1) is 27.7. The molecule has 306 valence electrons. The van der Waals surface area contributed by atoms with Gasteiger partial charge in [-0.25, -0.2) is 0 Å². The van der Waals surface area contributed by atoms with Crippen molar-refractivity contribution >= 4 is 52.2 Å². The summed E-state index contributed by atoms with van der Waals surface area (Å²) >= 11 is 21.7. The van der Waals surface area contributed by atoms with E-state index in [9.17, 15) is 9.90 Å². The minimum absolute atomic E-state index is 0.194. The van der Waals surface area contributed by atoms with Gasteiger partial charge in [0.05, 0.1) is 11.4 Å². The molecule has 1 unspecified atom stereocenters. The summed E-state index contributed by atoms with van der Waals surface area (Å²) in [5.41, 5.74) is 5.38. The number of likely N-dealkylation sites (tertiary alicyclic amines) is 2. The highest BCUT2D eigenvalue weighted by molar-refractivity contribution is 6.40. The van der Waals surface area contributed by atoms with E-state index >= 15 is 0 Å². The van der Waals surface area contributed by atoms with Gasteiger partial charge in [-0.15, -0.1) is 23.2 Å². The zero-order chi connectivity index (χ0) is 40.1. The molecular weight excluding hydrogens is 790 g/mol. The van der Waals surface area contributed by atoms with Crippen LogP contribution < -0.4 is 0 Å². The molecule has 57 heavy (non-hydrogen) atoms. The van der Waals surface area contributed by atoms with Gasteiger partial charge in [0.1, 0.15) is 0 Å². The first-order valence-electron chi connectivity index (χ1n) is 21.1. The number of rotatable bonds is 12. The minimum Gasteiger partial charge on any atom is -0.388 e. The molecule has 2 saturated carbocycles. The van der Waals surface area contributed by atoms with Crippen molar-refractivity contribution < 1.29 is 9.90 Å². The lowest BCUT2D eigenvalue weighted by atomic mass is 9.64. The fraction of sp³-hybridized carbons (Fsp3) is 0.490. The number of benzene rings is 4. The molecule has 2 aliphatic heterocycles. The van der Waals surface area contributed by atoms with Crippen LogP contribution in [-0.2, 0) is 10.8 Å². The third-order valence-electron chi connectivity index (χ3n) is 13.1. The normalized spacial score (nSPS) is 22.0. The van der Waals surface area contributed by atoms with E-state index < -0.39 is 0 Å². The van der Waals surface area contributed by atoms with E-state index in [1.165, 1.54) is 81.9 Å². The summed E-state index contributed by atoms with van der Waals surface area (Å²) in [5.74, 6) is 1.35. The number of piperidine rings is 2. The quantitative estimate of drug-likeness (QED) is 0.114. The lowest BCUT2D eigenvalue weighted by molar-refractivity contribution is 0.0714. The summed E-state index contributed by atoms with van der Waals surface area (Å²) in [7, 11) is 0. The van der Waals surface area contributed by atoms with Crippen LogP contribution >= 0.6 is 46.4 Å². The number of alkyl halides is 2. The number of carbonyl (C=O) groups is 1. The Morgan fingerprint density at radius 3 is 1.53 bits per heavy atom. The van der Waals surface area contributed by atoms with E-state index in [4.69, 9.17) is 46.4 Å². The van der Waals surface area contributed by atoms with Crippen molar-refractivity contribution in [2.24, 2.45) is 11.8 Å². The molecule has 4 aromatic rings. The largest absolute Gasteiger partial charge is 0.388 e. The number of ketones is 1. The third kappa shape index (κ3) is 12.3. The predicted molar refractivity (Wildman–Crippen MR) is 240 cm³/mol. The molecule has 4 fully saturated rings. The Morgan fingerprint density at radius 2 is 1.07 bits per heavy atom. The highest BCUT2D eigenvalue weighted by Crippen LogP contribution is 2.46. The van der Waals surface area contributed by atoms with E-state index in [0.717, 1.165) is 60.3 Å². The first-order valence-corrected chi connectivity index (χ1v) is 22.9. The molecular formula is C49H60Cl4N2O2. The second kappa shape index (κ2) is 21.7. The van der Waals surface area contributed by atoms with Crippen molar-refractivity contribution in [3.8, 4) is 0 Å². The Bertz CT molecular complexity index is 1780. The number of nitrogens with zero attached hydrogens (tertiary/aromatic N) is 2. The van der Waals surface area contributed by atoms with E-state index in [-0.39, 0.29) is 16.9 Å². The van der Waals surface area contributed by atoms with Crippen LogP contribution in [0.4, 0.5) is 0 Å². The molecule has 0 spiro atoms.